The Morgan fingerprint density at radius 1 is 0.529 bits per heavy atom. The highest BCUT2D eigenvalue weighted by atomic mass is 16.5. The smallest absolute Gasteiger partial charge is 0.123 e. The Bertz CT molecular complexity index is 324. The van der Waals surface area contributed by atoms with E-state index in [0.29, 0.717) is 0 Å². The van der Waals surface area contributed by atoms with Crippen LogP contribution in [-0.2, 0) is 0 Å². The first kappa shape index (κ1) is 12.6. The molecule has 86 valence electrons. The van der Waals surface area contributed by atoms with E-state index in [9.17, 15) is 0 Å². The average molecular weight is 226 g/mol. The third kappa shape index (κ3) is 8.57. The number of nitrogens with zero attached hydrogens (tertiary/aromatic N) is 2. The van der Waals surface area contributed by atoms with Crippen LogP contribution in [0.2, 0.25) is 0 Å². The maximum atomic E-state index is 4.33. The van der Waals surface area contributed by atoms with Crippen molar-refractivity contribution in [1.29, 1.82) is 0 Å². The summed E-state index contributed by atoms with van der Waals surface area (Å²) < 4.78 is 4.33. The van der Waals surface area contributed by atoms with Gasteiger partial charge in [0, 0.05) is 12.4 Å². The van der Waals surface area contributed by atoms with Crippen molar-refractivity contribution in [1.82, 2.24) is 10.1 Å². The van der Waals surface area contributed by atoms with Crippen molar-refractivity contribution >= 4 is 0 Å². The zero-order valence-corrected chi connectivity index (χ0v) is 9.39. The van der Waals surface area contributed by atoms with E-state index < -0.39 is 0 Å². The lowest BCUT2D eigenvalue weighted by Gasteiger charge is -1.70. The minimum absolute atomic E-state index is 1.51. The molecule has 0 amide bonds. The Balaban J connectivity index is 0.000000128. The Morgan fingerprint density at radius 3 is 1.24 bits per heavy atom. The second-order valence-corrected chi connectivity index (χ2v) is 2.87. The van der Waals surface area contributed by atoms with Crippen LogP contribution < -0.4 is 0 Å². The van der Waals surface area contributed by atoms with Crippen LogP contribution >= 0.6 is 0 Å². The molecule has 3 rings (SSSR count). The summed E-state index contributed by atoms with van der Waals surface area (Å²) in [5, 5.41) is 3.35. The zero-order valence-electron chi connectivity index (χ0n) is 9.39. The van der Waals surface area contributed by atoms with E-state index in [0.717, 1.165) is 0 Å². The first-order chi connectivity index (χ1) is 8.50. The van der Waals surface area contributed by atoms with Crippen molar-refractivity contribution in [3.05, 3.63) is 85.5 Å². The molecule has 0 saturated carbocycles. The van der Waals surface area contributed by atoms with Crippen molar-refractivity contribution in [2.24, 2.45) is 0 Å². The summed E-state index contributed by atoms with van der Waals surface area (Å²) in [7, 11) is 0. The predicted octanol–water partition coefficient (Wildman–Crippen LogP) is 3.44. The quantitative estimate of drug-likeness (QED) is 0.589. The molecule has 0 N–H and O–H groups in total. The Kier molecular flexibility index (Phi) is 7.52. The molecule has 0 saturated heterocycles. The highest BCUT2D eigenvalue weighted by molar-refractivity contribution is 4.99. The van der Waals surface area contributed by atoms with Crippen LogP contribution in [0.3, 0.4) is 0 Å². The van der Waals surface area contributed by atoms with E-state index in [4.69, 9.17) is 0 Å². The molecule has 1 aromatic carbocycles. The monoisotopic (exact) mass is 226 g/mol. The third-order valence-electron chi connectivity index (χ3n) is 1.58. The molecule has 17 heavy (non-hydrogen) atoms. The number of benzene rings is 1. The molecule has 3 nitrogen and oxygen atoms in total. The average Bonchev–Trinajstić information content (AvgIpc) is 3.03. The summed E-state index contributed by atoms with van der Waals surface area (Å²) in [6.07, 6.45) is 6.60. The van der Waals surface area contributed by atoms with Crippen LogP contribution in [0.4, 0.5) is 0 Å². The number of aromatic nitrogens is 2. The van der Waals surface area contributed by atoms with Crippen LogP contribution in [0.15, 0.2) is 90.0 Å². The Hall–Kier alpha value is -2.42. The molecule has 2 heterocycles. The van der Waals surface area contributed by atoms with Gasteiger partial charge in [0.15, 0.2) is 0 Å². The summed E-state index contributed by atoms with van der Waals surface area (Å²) >= 11 is 0. The predicted molar refractivity (Wildman–Crippen MR) is 67.2 cm³/mol. The van der Waals surface area contributed by atoms with Gasteiger partial charge in [-0.3, -0.25) is 4.98 Å². The Labute approximate surface area is 101 Å². The van der Waals surface area contributed by atoms with Crippen molar-refractivity contribution in [2.45, 2.75) is 0 Å². The molecule has 3 aromatic rings. The Morgan fingerprint density at radius 2 is 1.06 bits per heavy atom. The van der Waals surface area contributed by atoms with Gasteiger partial charge >= 0.3 is 0 Å². The lowest BCUT2D eigenvalue weighted by molar-refractivity contribution is 0.420. The SMILES string of the molecule is c1ccccc1.c1ccncc1.c1cnoc1. The highest BCUT2D eigenvalue weighted by Crippen LogP contribution is 1.80. The molecule has 0 radical (unpaired) electrons. The van der Waals surface area contributed by atoms with E-state index in [-0.39, 0.29) is 0 Å². The first-order valence-corrected chi connectivity index (χ1v) is 5.19. The van der Waals surface area contributed by atoms with Crippen molar-refractivity contribution in [3.63, 3.8) is 0 Å². The van der Waals surface area contributed by atoms with Gasteiger partial charge in [0.05, 0.1) is 6.20 Å². The van der Waals surface area contributed by atoms with Gasteiger partial charge in [0.2, 0.25) is 0 Å². The van der Waals surface area contributed by atoms with Crippen molar-refractivity contribution in [3.8, 4) is 0 Å². The summed E-state index contributed by atoms with van der Waals surface area (Å²) in [5.41, 5.74) is 0. The number of hydrogen-bond acceptors (Lipinski definition) is 3. The molecule has 2 aromatic heterocycles. The molecular weight excluding hydrogens is 212 g/mol. The van der Waals surface area contributed by atoms with Gasteiger partial charge < -0.3 is 4.52 Å². The van der Waals surface area contributed by atoms with Gasteiger partial charge in [-0.25, -0.2) is 0 Å². The third-order valence-corrected chi connectivity index (χ3v) is 1.58. The van der Waals surface area contributed by atoms with Crippen molar-refractivity contribution in [2.75, 3.05) is 0 Å². The topological polar surface area (TPSA) is 38.9 Å². The van der Waals surface area contributed by atoms with E-state index in [1.807, 2.05) is 54.6 Å². The van der Waals surface area contributed by atoms with Crippen molar-refractivity contribution < 1.29 is 4.52 Å². The minimum atomic E-state index is 1.51. The maximum Gasteiger partial charge on any atom is 0.123 e. The number of rotatable bonds is 0. The van der Waals surface area contributed by atoms with Gasteiger partial charge in [-0.15, -0.1) is 0 Å². The molecule has 0 aliphatic rings. The summed E-state index contributed by atoms with van der Waals surface area (Å²) in [4.78, 5) is 3.78. The van der Waals surface area contributed by atoms with Crippen LogP contribution in [-0.4, -0.2) is 10.1 Å². The van der Waals surface area contributed by atoms with Gasteiger partial charge in [0.1, 0.15) is 6.26 Å². The second kappa shape index (κ2) is 10.1. The van der Waals surface area contributed by atoms with Crippen LogP contribution in [0.1, 0.15) is 0 Å². The molecule has 0 spiro atoms. The normalized spacial score (nSPS) is 8.00. The van der Waals surface area contributed by atoms with E-state index >= 15 is 0 Å². The molecule has 0 aliphatic heterocycles. The highest BCUT2D eigenvalue weighted by Gasteiger charge is 1.60. The summed E-state index contributed by atoms with van der Waals surface area (Å²) in [6, 6.07) is 19.4. The van der Waals surface area contributed by atoms with Gasteiger partial charge in [0.25, 0.3) is 0 Å². The molecule has 0 unspecified atom stereocenters. The summed E-state index contributed by atoms with van der Waals surface area (Å²) in [6.45, 7) is 0. The second-order valence-electron chi connectivity index (χ2n) is 2.87. The van der Waals surface area contributed by atoms with E-state index in [2.05, 4.69) is 14.7 Å². The van der Waals surface area contributed by atoms with Gasteiger partial charge in [-0.05, 0) is 18.2 Å². The fraction of sp³-hybridized carbons (Fsp3) is 0. The molecule has 0 aliphatic carbocycles. The lowest BCUT2D eigenvalue weighted by Crippen LogP contribution is -1.58. The molecule has 0 atom stereocenters. The van der Waals surface area contributed by atoms with Crippen LogP contribution in [0.25, 0.3) is 0 Å². The molecular formula is C14H14N2O. The fourth-order valence-corrected chi connectivity index (χ4v) is 0.873. The lowest BCUT2D eigenvalue weighted by atomic mass is 10.4. The van der Waals surface area contributed by atoms with Gasteiger partial charge in [-0.2, -0.15) is 0 Å². The standard InChI is InChI=1S/C6H6.C5H5N.C3H3NO/c2*1-2-4-6-5-3-1;1-2-4-5-3-1/h1-6H;1-5H;1-3H. The van der Waals surface area contributed by atoms with Crippen LogP contribution in [0, 0.1) is 0 Å². The minimum Gasteiger partial charge on any atom is -0.365 e. The largest absolute Gasteiger partial charge is 0.365 e. The zero-order chi connectivity index (χ0) is 12.0. The molecule has 0 bridgehead atoms. The summed E-state index contributed by atoms with van der Waals surface area (Å²) in [5.74, 6) is 0. The first-order valence-electron chi connectivity index (χ1n) is 5.19. The number of pyridine rings is 1. The fourth-order valence-electron chi connectivity index (χ4n) is 0.873. The maximum absolute atomic E-state index is 4.33. The van der Waals surface area contributed by atoms with Crippen LogP contribution in [0.5, 0.6) is 0 Å². The molecule has 3 heteroatoms. The molecule has 0 fully saturated rings. The number of hydrogen-bond donors (Lipinski definition) is 0. The van der Waals surface area contributed by atoms with Gasteiger partial charge in [-0.1, -0.05) is 47.6 Å². The van der Waals surface area contributed by atoms with E-state index in [1.165, 1.54) is 6.26 Å². The van der Waals surface area contributed by atoms with E-state index in [1.54, 1.807) is 24.7 Å².